The minimum absolute atomic E-state index is 0.0550. The van der Waals surface area contributed by atoms with E-state index in [1.165, 1.54) is 13.2 Å². The van der Waals surface area contributed by atoms with Gasteiger partial charge in [-0.1, -0.05) is 41.6 Å². The highest BCUT2D eigenvalue weighted by molar-refractivity contribution is 5.99. The van der Waals surface area contributed by atoms with Crippen LogP contribution in [0.1, 0.15) is 12.5 Å². The van der Waals surface area contributed by atoms with Crippen molar-refractivity contribution in [2.45, 2.75) is 6.92 Å². The van der Waals surface area contributed by atoms with E-state index in [1.54, 1.807) is 19.1 Å². The van der Waals surface area contributed by atoms with Gasteiger partial charge < -0.3 is 4.84 Å². The Hall–Kier alpha value is -2.69. The Morgan fingerprint density at radius 3 is 2.50 bits per heavy atom. The fourth-order valence-corrected chi connectivity index (χ4v) is 1.96. The molecule has 102 valence electrons. The fourth-order valence-electron chi connectivity index (χ4n) is 1.96. The predicted octanol–water partition coefficient (Wildman–Crippen LogP) is 3.63. The number of nitro benzene ring substituents is 1. The van der Waals surface area contributed by atoms with Crippen LogP contribution >= 0.6 is 0 Å². The molecule has 0 amide bonds. The van der Waals surface area contributed by atoms with E-state index in [-0.39, 0.29) is 10.6 Å². The van der Waals surface area contributed by atoms with Crippen LogP contribution in [0.25, 0.3) is 11.1 Å². The summed E-state index contributed by atoms with van der Waals surface area (Å²) >= 11 is 0. The van der Waals surface area contributed by atoms with Crippen LogP contribution in [0.4, 0.5) is 5.69 Å². The summed E-state index contributed by atoms with van der Waals surface area (Å²) < 4.78 is 0. The van der Waals surface area contributed by atoms with E-state index in [4.69, 9.17) is 4.84 Å². The van der Waals surface area contributed by atoms with Crippen LogP contribution in [0.2, 0.25) is 0 Å². The van der Waals surface area contributed by atoms with Gasteiger partial charge in [-0.15, -0.1) is 0 Å². The maximum Gasteiger partial charge on any atom is 0.277 e. The Morgan fingerprint density at radius 1 is 1.20 bits per heavy atom. The third-order valence-electron chi connectivity index (χ3n) is 2.93. The van der Waals surface area contributed by atoms with Gasteiger partial charge in [0, 0.05) is 11.6 Å². The summed E-state index contributed by atoms with van der Waals surface area (Å²) in [6.07, 6.45) is 0. The van der Waals surface area contributed by atoms with Crippen molar-refractivity contribution in [1.29, 1.82) is 0 Å². The largest absolute Gasteiger partial charge is 0.399 e. The molecule has 2 aromatic carbocycles. The first-order valence-electron chi connectivity index (χ1n) is 6.05. The minimum Gasteiger partial charge on any atom is -0.399 e. The molecule has 0 saturated heterocycles. The molecule has 0 atom stereocenters. The van der Waals surface area contributed by atoms with Gasteiger partial charge in [-0.05, 0) is 18.6 Å². The van der Waals surface area contributed by atoms with E-state index in [2.05, 4.69) is 5.16 Å². The molecule has 2 rings (SSSR count). The lowest BCUT2D eigenvalue weighted by atomic mass is 10.0. The maximum atomic E-state index is 11.3. The van der Waals surface area contributed by atoms with E-state index >= 15 is 0 Å². The van der Waals surface area contributed by atoms with Crippen molar-refractivity contribution in [3.63, 3.8) is 0 Å². The standard InChI is InChI=1S/C15H14N2O3/c1-11(16-20-2)13-8-9-14(15(10-13)17(18)19)12-6-4-3-5-7-12/h3-10H,1-2H3/b16-11+. The zero-order chi connectivity index (χ0) is 14.5. The molecule has 0 spiro atoms. The Morgan fingerprint density at radius 2 is 1.90 bits per heavy atom. The Labute approximate surface area is 116 Å². The van der Waals surface area contributed by atoms with Crippen molar-refractivity contribution in [1.82, 2.24) is 0 Å². The van der Waals surface area contributed by atoms with E-state index in [9.17, 15) is 10.1 Å². The molecule has 0 bridgehead atoms. The van der Waals surface area contributed by atoms with Gasteiger partial charge in [0.05, 0.1) is 16.2 Å². The van der Waals surface area contributed by atoms with Gasteiger partial charge in [0.15, 0.2) is 0 Å². The maximum absolute atomic E-state index is 11.3. The first kappa shape index (κ1) is 13.7. The lowest BCUT2D eigenvalue weighted by Crippen LogP contribution is -1.99. The van der Waals surface area contributed by atoms with E-state index < -0.39 is 0 Å². The van der Waals surface area contributed by atoms with Crippen LogP contribution in [0.3, 0.4) is 0 Å². The predicted molar refractivity (Wildman–Crippen MR) is 77.8 cm³/mol. The first-order chi connectivity index (χ1) is 9.63. The first-order valence-corrected chi connectivity index (χ1v) is 6.05. The van der Waals surface area contributed by atoms with Gasteiger partial charge in [0.2, 0.25) is 0 Å². The molecule has 0 aliphatic carbocycles. The normalized spacial score (nSPS) is 11.2. The third kappa shape index (κ3) is 2.83. The highest BCUT2D eigenvalue weighted by Gasteiger charge is 2.16. The highest BCUT2D eigenvalue weighted by atomic mass is 16.6. The highest BCUT2D eigenvalue weighted by Crippen LogP contribution is 2.30. The quantitative estimate of drug-likeness (QED) is 0.484. The zero-order valence-electron chi connectivity index (χ0n) is 11.2. The number of nitro groups is 1. The average Bonchev–Trinajstić information content (AvgIpc) is 2.47. The Balaban J connectivity index is 2.55. The second kappa shape index (κ2) is 5.97. The number of nitrogens with zero attached hydrogens (tertiary/aromatic N) is 2. The molecule has 5 nitrogen and oxygen atoms in total. The van der Waals surface area contributed by atoms with E-state index in [0.717, 1.165) is 5.56 Å². The topological polar surface area (TPSA) is 64.7 Å². The molecule has 0 unspecified atom stereocenters. The molecule has 2 aromatic rings. The molecule has 0 heterocycles. The van der Waals surface area contributed by atoms with E-state index in [1.807, 2.05) is 30.3 Å². The summed E-state index contributed by atoms with van der Waals surface area (Å²) in [7, 11) is 1.44. The zero-order valence-corrected chi connectivity index (χ0v) is 11.2. The molecule has 0 saturated carbocycles. The molecule has 0 fully saturated rings. The second-order valence-electron chi connectivity index (χ2n) is 4.21. The smallest absolute Gasteiger partial charge is 0.277 e. The number of benzene rings is 2. The fraction of sp³-hybridized carbons (Fsp3) is 0.133. The summed E-state index contributed by atoms with van der Waals surface area (Å²) in [4.78, 5) is 15.6. The third-order valence-corrected chi connectivity index (χ3v) is 2.93. The van der Waals surface area contributed by atoms with Crippen LogP contribution in [0.5, 0.6) is 0 Å². The SMILES string of the molecule is CO/N=C(\C)c1ccc(-c2ccccc2)c([N+](=O)[O-])c1. The van der Waals surface area contributed by atoms with Crippen LogP contribution < -0.4 is 0 Å². The monoisotopic (exact) mass is 270 g/mol. The van der Waals surface area contributed by atoms with Crippen molar-refractivity contribution < 1.29 is 9.76 Å². The summed E-state index contributed by atoms with van der Waals surface area (Å²) in [5, 5.41) is 15.1. The van der Waals surface area contributed by atoms with Gasteiger partial charge in [0.1, 0.15) is 7.11 Å². The number of oxime groups is 1. The van der Waals surface area contributed by atoms with Crippen molar-refractivity contribution in [2.24, 2.45) is 5.16 Å². The number of hydrogen-bond acceptors (Lipinski definition) is 4. The van der Waals surface area contributed by atoms with Crippen molar-refractivity contribution >= 4 is 11.4 Å². The molecule has 0 N–H and O–H groups in total. The number of rotatable bonds is 4. The average molecular weight is 270 g/mol. The molecular weight excluding hydrogens is 256 g/mol. The summed E-state index contributed by atoms with van der Waals surface area (Å²) in [5.74, 6) is 0. The molecular formula is C15H14N2O3. The molecule has 0 aliphatic heterocycles. The molecule has 20 heavy (non-hydrogen) atoms. The summed E-state index contributed by atoms with van der Waals surface area (Å²) in [6, 6.07) is 14.3. The summed E-state index contributed by atoms with van der Waals surface area (Å²) in [6.45, 7) is 1.74. The Kier molecular flexibility index (Phi) is 4.10. The van der Waals surface area contributed by atoms with Gasteiger partial charge in [-0.2, -0.15) is 0 Å². The molecule has 0 radical (unpaired) electrons. The minimum atomic E-state index is -0.383. The van der Waals surface area contributed by atoms with Crippen LogP contribution in [0, 0.1) is 10.1 Å². The van der Waals surface area contributed by atoms with Crippen LogP contribution in [-0.4, -0.2) is 17.7 Å². The Bertz CT molecular complexity index is 651. The van der Waals surface area contributed by atoms with Gasteiger partial charge in [-0.3, -0.25) is 10.1 Å². The molecule has 0 aliphatic rings. The van der Waals surface area contributed by atoms with Crippen molar-refractivity contribution in [2.75, 3.05) is 7.11 Å². The van der Waals surface area contributed by atoms with Crippen molar-refractivity contribution in [3.05, 3.63) is 64.2 Å². The van der Waals surface area contributed by atoms with Gasteiger partial charge >= 0.3 is 0 Å². The summed E-state index contributed by atoms with van der Waals surface area (Å²) in [5.41, 5.74) is 2.71. The van der Waals surface area contributed by atoms with Crippen LogP contribution in [0.15, 0.2) is 53.7 Å². The molecule has 5 heteroatoms. The van der Waals surface area contributed by atoms with Crippen LogP contribution in [-0.2, 0) is 4.84 Å². The number of hydrogen-bond donors (Lipinski definition) is 0. The lowest BCUT2D eigenvalue weighted by molar-refractivity contribution is -0.384. The lowest BCUT2D eigenvalue weighted by Gasteiger charge is -2.06. The second-order valence-corrected chi connectivity index (χ2v) is 4.21. The van der Waals surface area contributed by atoms with Crippen molar-refractivity contribution in [3.8, 4) is 11.1 Å². The van der Waals surface area contributed by atoms with Gasteiger partial charge in [-0.25, -0.2) is 0 Å². The van der Waals surface area contributed by atoms with Gasteiger partial charge in [0.25, 0.3) is 5.69 Å². The van der Waals surface area contributed by atoms with E-state index in [0.29, 0.717) is 16.8 Å². The molecule has 0 aromatic heterocycles.